The van der Waals surface area contributed by atoms with E-state index in [0.29, 0.717) is 19.0 Å². The van der Waals surface area contributed by atoms with Crippen LogP contribution in [0.4, 0.5) is 5.00 Å². The first-order chi connectivity index (χ1) is 8.81. The number of ketones is 1. The van der Waals surface area contributed by atoms with E-state index in [0.717, 1.165) is 27.4 Å². The van der Waals surface area contributed by atoms with Gasteiger partial charge >= 0.3 is 0 Å². The van der Waals surface area contributed by atoms with Crippen LogP contribution in [0.1, 0.15) is 26.6 Å². The van der Waals surface area contributed by atoms with Gasteiger partial charge in [0, 0.05) is 11.9 Å². The van der Waals surface area contributed by atoms with Gasteiger partial charge in [-0.25, -0.2) is 0 Å². The SMILES string of the molecule is CNc1sc2c(c1C(=O)c1ccco1)CCOC2. The van der Waals surface area contributed by atoms with Gasteiger partial charge in [0.05, 0.1) is 25.0 Å². The quantitative estimate of drug-likeness (QED) is 0.865. The van der Waals surface area contributed by atoms with Crippen LogP contribution in [0, 0.1) is 0 Å². The minimum atomic E-state index is -0.0521. The molecule has 18 heavy (non-hydrogen) atoms. The van der Waals surface area contributed by atoms with Crippen LogP contribution in [0.15, 0.2) is 22.8 Å². The van der Waals surface area contributed by atoms with E-state index in [2.05, 4.69) is 5.32 Å². The summed E-state index contributed by atoms with van der Waals surface area (Å²) in [6, 6.07) is 3.43. The van der Waals surface area contributed by atoms with Gasteiger partial charge in [0.25, 0.3) is 0 Å². The topological polar surface area (TPSA) is 51.5 Å². The zero-order chi connectivity index (χ0) is 12.5. The molecule has 0 aromatic carbocycles. The van der Waals surface area contributed by atoms with Crippen molar-refractivity contribution in [2.75, 3.05) is 19.0 Å². The Bertz CT molecular complexity index is 571. The minimum Gasteiger partial charge on any atom is -0.461 e. The Morgan fingerprint density at radius 1 is 1.50 bits per heavy atom. The fraction of sp³-hybridized carbons (Fsp3) is 0.308. The molecule has 0 unspecified atom stereocenters. The molecule has 2 aromatic rings. The lowest BCUT2D eigenvalue weighted by Gasteiger charge is -2.12. The van der Waals surface area contributed by atoms with Crippen LogP contribution in [0.25, 0.3) is 0 Å². The van der Waals surface area contributed by atoms with Gasteiger partial charge in [-0.3, -0.25) is 4.79 Å². The maximum atomic E-state index is 12.5. The molecule has 0 aliphatic carbocycles. The van der Waals surface area contributed by atoms with Crippen molar-refractivity contribution in [3.63, 3.8) is 0 Å². The molecule has 0 atom stereocenters. The number of fused-ring (bicyclic) bond motifs is 1. The monoisotopic (exact) mass is 263 g/mol. The largest absolute Gasteiger partial charge is 0.461 e. The third-order valence-corrected chi connectivity index (χ3v) is 4.24. The minimum absolute atomic E-state index is 0.0521. The van der Waals surface area contributed by atoms with Crippen molar-refractivity contribution in [2.45, 2.75) is 13.0 Å². The van der Waals surface area contributed by atoms with Gasteiger partial charge in [-0.2, -0.15) is 0 Å². The van der Waals surface area contributed by atoms with E-state index < -0.39 is 0 Å². The normalized spacial score (nSPS) is 14.3. The molecule has 3 heterocycles. The fourth-order valence-corrected chi connectivity index (χ4v) is 3.32. The number of thiophene rings is 1. The first-order valence-corrected chi connectivity index (χ1v) is 6.61. The molecular formula is C13H13NO3S. The first-order valence-electron chi connectivity index (χ1n) is 5.79. The Balaban J connectivity index is 2.10. The summed E-state index contributed by atoms with van der Waals surface area (Å²) in [7, 11) is 1.83. The van der Waals surface area contributed by atoms with E-state index in [-0.39, 0.29) is 5.78 Å². The molecule has 0 spiro atoms. The van der Waals surface area contributed by atoms with E-state index in [1.54, 1.807) is 23.5 Å². The molecule has 0 saturated carbocycles. The van der Waals surface area contributed by atoms with Crippen LogP contribution < -0.4 is 5.32 Å². The van der Waals surface area contributed by atoms with Crippen LogP contribution in [0.5, 0.6) is 0 Å². The number of carbonyl (C=O) groups excluding carboxylic acids is 1. The van der Waals surface area contributed by atoms with E-state index >= 15 is 0 Å². The molecule has 0 radical (unpaired) electrons. The molecule has 0 saturated heterocycles. The van der Waals surface area contributed by atoms with Crippen LogP contribution >= 0.6 is 11.3 Å². The van der Waals surface area contributed by atoms with Crippen molar-refractivity contribution < 1.29 is 13.9 Å². The summed E-state index contributed by atoms with van der Waals surface area (Å²) in [6.07, 6.45) is 2.31. The zero-order valence-electron chi connectivity index (χ0n) is 9.99. The van der Waals surface area contributed by atoms with Crippen LogP contribution in [-0.4, -0.2) is 19.4 Å². The lowest BCUT2D eigenvalue weighted by molar-refractivity contribution is 0.0999. The van der Waals surface area contributed by atoms with Gasteiger partial charge in [-0.05, 0) is 24.1 Å². The second-order valence-corrected chi connectivity index (χ2v) is 5.17. The Morgan fingerprint density at radius 3 is 3.11 bits per heavy atom. The van der Waals surface area contributed by atoms with Crippen molar-refractivity contribution in [1.82, 2.24) is 0 Å². The number of ether oxygens (including phenoxy) is 1. The maximum Gasteiger partial charge on any atom is 0.231 e. The lowest BCUT2D eigenvalue weighted by Crippen LogP contribution is -2.12. The third kappa shape index (κ3) is 1.76. The van der Waals surface area contributed by atoms with Crippen LogP contribution in [0.3, 0.4) is 0 Å². The van der Waals surface area contributed by atoms with Crippen molar-refractivity contribution in [3.8, 4) is 0 Å². The number of hydrogen-bond donors (Lipinski definition) is 1. The summed E-state index contributed by atoms with van der Waals surface area (Å²) in [4.78, 5) is 13.6. The molecule has 3 rings (SSSR count). The Hall–Kier alpha value is -1.59. The highest BCUT2D eigenvalue weighted by atomic mass is 32.1. The molecule has 4 nitrogen and oxygen atoms in total. The second-order valence-electron chi connectivity index (χ2n) is 4.07. The Morgan fingerprint density at radius 2 is 2.39 bits per heavy atom. The predicted molar refractivity (Wildman–Crippen MR) is 69.4 cm³/mol. The smallest absolute Gasteiger partial charge is 0.231 e. The number of furan rings is 1. The fourth-order valence-electron chi connectivity index (χ4n) is 2.18. The molecule has 1 aliphatic rings. The number of carbonyl (C=O) groups is 1. The predicted octanol–water partition coefficient (Wildman–Crippen LogP) is 2.69. The van der Waals surface area contributed by atoms with E-state index in [4.69, 9.17) is 9.15 Å². The third-order valence-electron chi connectivity index (χ3n) is 3.02. The summed E-state index contributed by atoms with van der Waals surface area (Å²) >= 11 is 1.59. The van der Waals surface area contributed by atoms with Gasteiger partial charge in [0.15, 0.2) is 5.76 Å². The van der Waals surface area contributed by atoms with Crippen molar-refractivity contribution in [1.29, 1.82) is 0 Å². The number of nitrogens with one attached hydrogen (secondary N) is 1. The zero-order valence-corrected chi connectivity index (χ0v) is 10.8. The van der Waals surface area contributed by atoms with Crippen molar-refractivity contribution in [2.24, 2.45) is 0 Å². The molecule has 0 bridgehead atoms. The number of rotatable bonds is 3. The highest BCUT2D eigenvalue weighted by molar-refractivity contribution is 7.16. The summed E-state index contributed by atoms with van der Waals surface area (Å²) in [5, 5.41) is 3.99. The molecule has 0 amide bonds. The van der Waals surface area contributed by atoms with E-state index in [9.17, 15) is 4.79 Å². The van der Waals surface area contributed by atoms with E-state index in [1.807, 2.05) is 7.05 Å². The second kappa shape index (κ2) is 4.59. The van der Waals surface area contributed by atoms with E-state index in [1.165, 1.54) is 6.26 Å². The average molecular weight is 263 g/mol. The Labute approximate surface area is 109 Å². The molecule has 2 aromatic heterocycles. The van der Waals surface area contributed by atoms with Gasteiger partial charge in [-0.1, -0.05) is 0 Å². The van der Waals surface area contributed by atoms with Gasteiger partial charge in [0.2, 0.25) is 5.78 Å². The molecular weight excluding hydrogens is 250 g/mol. The first kappa shape index (κ1) is 11.5. The molecule has 94 valence electrons. The molecule has 5 heteroatoms. The highest BCUT2D eigenvalue weighted by Crippen LogP contribution is 2.37. The number of hydrogen-bond acceptors (Lipinski definition) is 5. The maximum absolute atomic E-state index is 12.5. The summed E-state index contributed by atoms with van der Waals surface area (Å²) < 4.78 is 10.6. The lowest BCUT2D eigenvalue weighted by atomic mass is 10.0. The number of anilines is 1. The molecule has 0 fully saturated rings. The molecule has 1 N–H and O–H groups in total. The highest BCUT2D eigenvalue weighted by Gasteiger charge is 2.27. The summed E-state index contributed by atoms with van der Waals surface area (Å²) in [5.41, 5.74) is 1.85. The van der Waals surface area contributed by atoms with Gasteiger partial charge < -0.3 is 14.5 Å². The van der Waals surface area contributed by atoms with Gasteiger partial charge in [0.1, 0.15) is 5.00 Å². The molecule has 1 aliphatic heterocycles. The average Bonchev–Trinajstić information content (AvgIpc) is 3.04. The van der Waals surface area contributed by atoms with Crippen molar-refractivity contribution >= 4 is 22.1 Å². The van der Waals surface area contributed by atoms with Crippen molar-refractivity contribution in [3.05, 3.63) is 40.2 Å². The Kier molecular flexibility index (Phi) is 2.93. The summed E-state index contributed by atoms with van der Waals surface area (Å²) in [6.45, 7) is 1.27. The van der Waals surface area contributed by atoms with Crippen LogP contribution in [-0.2, 0) is 17.8 Å². The van der Waals surface area contributed by atoms with Crippen LogP contribution in [0.2, 0.25) is 0 Å². The standard InChI is InChI=1S/C13H13NO3S/c1-14-13-11(12(15)9-3-2-5-17-9)8-4-6-16-7-10(8)18-13/h2-3,5,14H,4,6-7H2,1H3. The van der Waals surface area contributed by atoms with Gasteiger partial charge in [-0.15, -0.1) is 11.3 Å². The summed E-state index contributed by atoms with van der Waals surface area (Å²) in [5.74, 6) is 0.336.